The van der Waals surface area contributed by atoms with E-state index < -0.39 is 10.0 Å². The summed E-state index contributed by atoms with van der Waals surface area (Å²) in [5, 5.41) is 18.8. The lowest BCUT2D eigenvalue weighted by Crippen LogP contribution is -2.47. The average Bonchev–Trinajstić information content (AvgIpc) is 2.78. The van der Waals surface area contributed by atoms with Crippen molar-refractivity contribution >= 4 is 26.7 Å². The van der Waals surface area contributed by atoms with Gasteiger partial charge in [-0.25, -0.2) is 18.1 Å². The Morgan fingerprint density at radius 1 is 1.16 bits per heavy atom. The third-order valence-electron chi connectivity index (χ3n) is 5.88. The Labute approximate surface area is 184 Å². The Hall–Kier alpha value is -1.78. The number of hydrogen-bond acceptors (Lipinski definition) is 7. The molecule has 0 amide bonds. The molecule has 1 atom stereocenters. The lowest BCUT2D eigenvalue weighted by molar-refractivity contribution is 0.166. The minimum atomic E-state index is -3.57. The van der Waals surface area contributed by atoms with Crippen molar-refractivity contribution in [2.24, 2.45) is 0 Å². The maximum atomic E-state index is 12.6. The number of benzene rings is 1. The molecule has 172 valence electrons. The molecule has 0 saturated carbocycles. The Balaban J connectivity index is 1.70. The van der Waals surface area contributed by atoms with Crippen molar-refractivity contribution in [2.45, 2.75) is 43.0 Å². The number of unbranched alkanes of at least 4 members (excludes halogenated alkanes) is 2. The van der Waals surface area contributed by atoms with Crippen molar-refractivity contribution in [1.82, 2.24) is 14.6 Å². The molecule has 1 aromatic heterocycles. The molecule has 8 nitrogen and oxygen atoms in total. The van der Waals surface area contributed by atoms with Crippen LogP contribution in [0, 0.1) is 0 Å². The zero-order chi connectivity index (χ0) is 22.3. The molecule has 1 fully saturated rings. The summed E-state index contributed by atoms with van der Waals surface area (Å²) < 4.78 is 27.8. The smallest absolute Gasteiger partial charge is 0.240 e. The van der Waals surface area contributed by atoms with Gasteiger partial charge in [0.15, 0.2) is 0 Å². The van der Waals surface area contributed by atoms with Crippen molar-refractivity contribution < 1.29 is 18.6 Å². The molecule has 31 heavy (non-hydrogen) atoms. The predicted octanol–water partition coefficient (Wildman–Crippen LogP) is 1.57. The highest BCUT2D eigenvalue weighted by Crippen LogP contribution is 2.24. The van der Waals surface area contributed by atoms with Gasteiger partial charge in [0.25, 0.3) is 0 Å². The maximum Gasteiger partial charge on any atom is 0.240 e. The van der Waals surface area contributed by atoms with Gasteiger partial charge >= 0.3 is 0 Å². The molecule has 9 heteroatoms. The lowest BCUT2D eigenvalue weighted by atomic mass is 10.0. The Morgan fingerprint density at radius 3 is 2.77 bits per heavy atom. The number of hydrogen-bond donors (Lipinski definition) is 3. The van der Waals surface area contributed by atoms with E-state index in [4.69, 9.17) is 10.1 Å². The van der Waals surface area contributed by atoms with Crippen LogP contribution < -0.4 is 9.62 Å². The van der Waals surface area contributed by atoms with Crippen LogP contribution in [-0.2, 0) is 10.0 Å². The molecular weight excluding hydrogens is 416 g/mol. The van der Waals surface area contributed by atoms with Crippen LogP contribution in [0.4, 0.5) is 5.82 Å². The van der Waals surface area contributed by atoms with Gasteiger partial charge in [-0.15, -0.1) is 0 Å². The summed E-state index contributed by atoms with van der Waals surface area (Å²) in [6.45, 7) is 3.11. The Kier molecular flexibility index (Phi) is 8.62. The molecule has 1 aromatic carbocycles. The quantitative estimate of drug-likeness (QED) is 0.446. The van der Waals surface area contributed by atoms with Gasteiger partial charge in [0.05, 0.1) is 17.0 Å². The summed E-state index contributed by atoms with van der Waals surface area (Å²) in [6, 6.07) is 9.29. The van der Waals surface area contributed by atoms with Crippen molar-refractivity contribution in [3.05, 3.63) is 30.3 Å². The topological polar surface area (TPSA) is 106 Å². The molecule has 3 rings (SSSR count). The monoisotopic (exact) mass is 450 g/mol. The van der Waals surface area contributed by atoms with Crippen LogP contribution in [0.25, 0.3) is 10.9 Å². The fraction of sp³-hybridized carbons (Fsp3) is 0.591. The molecule has 0 aliphatic carbocycles. The molecule has 2 heterocycles. The fourth-order valence-electron chi connectivity index (χ4n) is 4.00. The van der Waals surface area contributed by atoms with E-state index in [0.717, 1.165) is 49.1 Å². The van der Waals surface area contributed by atoms with Crippen LogP contribution >= 0.6 is 0 Å². The number of likely N-dealkylation sites (N-methyl/N-ethyl adjacent to an activating group) is 1. The zero-order valence-corrected chi connectivity index (χ0v) is 19.0. The molecule has 0 radical (unpaired) electrons. The predicted molar refractivity (Wildman–Crippen MR) is 123 cm³/mol. The highest BCUT2D eigenvalue weighted by atomic mass is 32.2. The van der Waals surface area contributed by atoms with Gasteiger partial charge in [0.1, 0.15) is 5.82 Å². The van der Waals surface area contributed by atoms with Gasteiger partial charge in [0, 0.05) is 44.2 Å². The van der Waals surface area contributed by atoms with Gasteiger partial charge in [-0.3, -0.25) is 4.90 Å². The largest absolute Gasteiger partial charge is 0.396 e. The summed E-state index contributed by atoms with van der Waals surface area (Å²) >= 11 is 0. The van der Waals surface area contributed by atoms with E-state index >= 15 is 0 Å². The van der Waals surface area contributed by atoms with E-state index in [1.807, 2.05) is 19.2 Å². The SMILES string of the molecule is CN(CCO)C1CCCN(c2ccc3cc(S(=O)(=O)NCCCCCO)ccc3n2)C1. The van der Waals surface area contributed by atoms with Crippen molar-refractivity contribution in [2.75, 3.05) is 51.3 Å². The average molecular weight is 451 g/mol. The number of anilines is 1. The molecule has 1 aliphatic rings. The van der Waals surface area contributed by atoms with Gasteiger partial charge in [-0.2, -0.15) is 0 Å². The number of piperidine rings is 1. The summed E-state index contributed by atoms with van der Waals surface area (Å²) in [5.74, 6) is 0.896. The van der Waals surface area contributed by atoms with Crippen molar-refractivity contribution in [3.8, 4) is 0 Å². The second-order valence-corrected chi connectivity index (χ2v) is 9.92. The number of nitrogens with zero attached hydrogens (tertiary/aromatic N) is 3. The molecule has 3 N–H and O–H groups in total. The van der Waals surface area contributed by atoms with E-state index in [9.17, 15) is 13.5 Å². The number of sulfonamides is 1. The van der Waals surface area contributed by atoms with Crippen LogP contribution in [0.1, 0.15) is 32.1 Å². The highest BCUT2D eigenvalue weighted by Gasteiger charge is 2.24. The first-order valence-corrected chi connectivity index (χ1v) is 12.5. The number of nitrogens with one attached hydrogen (secondary N) is 1. The van der Waals surface area contributed by atoms with Crippen LogP contribution in [0.2, 0.25) is 0 Å². The normalized spacial score (nSPS) is 17.5. The molecule has 1 saturated heterocycles. The molecule has 0 bridgehead atoms. The van der Waals surface area contributed by atoms with E-state index in [2.05, 4.69) is 14.5 Å². The third kappa shape index (κ3) is 6.36. The van der Waals surface area contributed by atoms with Crippen LogP contribution in [0.5, 0.6) is 0 Å². The lowest BCUT2D eigenvalue weighted by Gasteiger charge is -2.38. The van der Waals surface area contributed by atoms with E-state index in [1.165, 1.54) is 0 Å². The number of fused-ring (bicyclic) bond motifs is 1. The molecular formula is C22H34N4O4S. The van der Waals surface area contributed by atoms with Gasteiger partial charge in [-0.05, 0) is 69.5 Å². The van der Waals surface area contributed by atoms with E-state index in [-0.39, 0.29) is 18.1 Å². The third-order valence-corrected chi connectivity index (χ3v) is 7.34. The van der Waals surface area contributed by atoms with Gasteiger partial charge in [-0.1, -0.05) is 0 Å². The fourth-order valence-corrected chi connectivity index (χ4v) is 5.11. The first-order chi connectivity index (χ1) is 14.9. The maximum absolute atomic E-state index is 12.6. The standard InChI is InChI=1S/C22H34N4O4S/c1-25(13-15-28)19-6-5-12-26(17-19)22-10-7-18-16-20(8-9-21(18)24-22)31(29,30)23-11-3-2-4-14-27/h7-10,16,19,23,27-28H,2-6,11-15,17H2,1H3. The number of aromatic nitrogens is 1. The van der Waals surface area contributed by atoms with E-state index in [1.54, 1.807) is 18.2 Å². The molecule has 0 spiro atoms. The van der Waals surface area contributed by atoms with Gasteiger partial charge in [0.2, 0.25) is 10.0 Å². The number of aliphatic hydroxyl groups is 2. The van der Waals surface area contributed by atoms with Crippen molar-refractivity contribution in [3.63, 3.8) is 0 Å². The minimum absolute atomic E-state index is 0.129. The summed E-state index contributed by atoms with van der Waals surface area (Å²) in [5.41, 5.74) is 0.769. The van der Waals surface area contributed by atoms with E-state index in [0.29, 0.717) is 32.0 Å². The van der Waals surface area contributed by atoms with Crippen molar-refractivity contribution in [1.29, 1.82) is 0 Å². The summed E-state index contributed by atoms with van der Waals surface area (Å²) in [6.07, 6.45) is 4.34. The van der Waals surface area contributed by atoms with Gasteiger partial charge < -0.3 is 15.1 Å². The first kappa shape index (κ1) is 23.9. The van der Waals surface area contributed by atoms with Crippen LogP contribution in [0.15, 0.2) is 35.2 Å². The second-order valence-electron chi connectivity index (χ2n) is 8.15. The minimum Gasteiger partial charge on any atom is -0.396 e. The number of pyridine rings is 1. The molecule has 1 unspecified atom stereocenters. The molecule has 1 aliphatic heterocycles. The zero-order valence-electron chi connectivity index (χ0n) is 18.2. The van der Waals surface area contributed by atoms with Crippen LogP contribution in [0.3, 0.4) is 0 Å². The second kappa shape index (κ2) is 11.2. The molecule has 2 aromatic rings. The summed E-state index contributed by atoms with van der Waals surface area (Å²) in [7, 11) is -1.53. The highest BCUT2D eigenvalue weighted by molar-refractivity contribution is 7.89. The number of aliphatic hydroxyl groups excluding tert-OH is 2. The Bertz CT molecular complexity index is 954. The summed E-state index contributed by atoms with van der Waals surface area (Å²) in [4.78, 5) is 9.47. The number of rotatable bonds is 11. The first-order valence-electron chi connectivity index (χ1n) is 11.0. The van der Waals surface area contributed by atoms with Crippen LogP contribution in [-0.4, -0.2) is 81.0 Å². The Morgan fingerprint density at radius 2 is 2.00 bits per heavy atom.